The number of hydrogen-bond acceptors (Lipinski definition) is 4. The smallest absolute Gasteiger partial charge is 0.252 e. The lowest BCUT2D eigenvalue weighted by molar-refractivity contribution is -0.117. The summed E-state index contributed by atoms with van der Waals surface area (Å²) in [5.74, 6) is 1.64. The first-order valence-corrected chi connectivity index (χ1v) is 9.62. The highest BCUT2D eigenvalue weighted by Gasteiger charge is 2.11. The number of fused-ring (bicyclic) bond motifs is 1. The van der Waals surface area contributed by atoms with Gasteiger partial charge in [0, 0.05) is 19.2 Å². The number of carbonyl (C=O) groups is 1. The zero-order chi connectivity index (χ0) is 19.6. The van der Waals surface area contributed by atoms with Gasteiger partial charge < -0.3 is 14.0 Å². The monoisotopic (exact) mass is 384 g/mol. The summed E-state index contributed by atoms with van der Waals surface area (Å²) in [7, 11) is 5.11. The zero-order valence-electron chi connectivity index (χ0n) is 16.3. The summed E-state index contributed by atoms with van der Waals surface area (Å²) in [6.07, 6.45) is 0.291. The molecule has 0 saturated carbocycles. The summed E-state index contributed by atoms with van der Waals surface area (Å²) >= 11 is 1.46. The Morgan fingerprint density at radius 3 is 2.33 bits per heavy atom. The maximum Gasteiger partial charge on any atom is 0.252 e. The van der Waals surface area contributed by atoms with E-state index >= 15 is 0 Å². The highest BCUT2D eigenvalue weighted by atomic mass is 32.1. The molecule has 0 N–H and O–H groups in total. The standard InChI is InChI=1S/C21H24N2O3S/c1-13(2)15-8-6-14(7-9-15)10-20(24)22-21-23(3)16-11-17(25-4)18(26-5)12-19(16)27-21/h6-9,11-13H,10H2,1-5H3. The van der Waals surface area contributed by atoms with Gasteiger partial charge in [0.25, 0.3) is 5.91 Å². The number of nitrogens with zero attached hydrogens (tertiary/aromatic N) is 2. The van der Waals surface area contributed by atoms with Crippen LogP contribution in [0.15, 0.2) is 41.4 Å². The van der Waals surface area contributed by atoms with Gasteiger partial charge in [0.15, 0.2) is 16.3 Å². The lowest BCUT2D eigenvalue weighted by atomic mass is 10.0. The predicted octanol–water partition coefficient (Wildman–Crippen LogP) is 4.05. The predicted molar refractivity (Wildman–Crippen MR) is 109 cm³/mol. The summed E-state index contributed by atoms with van der Waals surface area (Å²) in [5.41, 5.74) is 3.19. The molecule has 3 rings (SSSR count). The molecule has 0 atom stereocenters. The minimum Gasteiger partial charge on any atom is -0.493 e. The number of rotatable bonds is 5. The van der Waals surface area contributed by atoms with Crippen molar-refractivity contribution in [2.75, 3.05) is 14.2 Å². The van der Waals surface area contributed by atoms with E-state index < -0.39 is 0 Å². The number of ether oxygens (including phenoxy) is 2. The second-order valence-corrected chi connectivity index (χ2v) is 7.71. The third-order valence-electron chi connectivity index (χ3n) is 4.54. The van der Waals surface area contributed by atoms with Crippen molar-refractivity contribution in [2.24, 2.45) is 12.0 Å². The van der Waals surface area contributed by atoms with E-state index in [0.717, 1.165) is 15.8 Å². The average molecular weight is 385 g/mol. The molecule has 0 aliphatic rings. The number of benzene rings is 2. The van der Waals surface area contributed by atoms with Gasteiger partial charge in [0.05, 0.1) is 30.9 Å². The number of aromatic nitrogens is 1. The Morgan fingerprint density at radius 2 is 1.74 bits per heavy atom. The molecule has 0 unspecified atom stereocenters. The zero-order valence-corrected chi connectivity index (χ0v) is 17.1. The summed E-state index contributed by atoms with van der Waals surface area (Å²) < 4.78 is 13.6. The molecule has 0 aliphatic carbocycles. The molecule has 0 aliphatic heterocycles. The molecule has 1 aromatic heterocycles. The van der Waals surface area contributed by atoms with Gasteiger partial charge in [-0.25, -0.2) is 0 Å². The number of aryl methyl sites for hydroxylation is 1. The molecule has 2 aromatic carbocycles. The molecular formula is C21H24N2O3S. The highest BCUT2D eigenvalue weighted by molar-refractivity contribution is 7.16. The molecule has 0 radical (unpaired) electrons. The Bertz CT molecular complexity index is 1030. The molecule has 27 heavy (non-hydrogen) atoms. The van der Waals surface area contributed by atoms with Crippen LogP contribution < -0.4 is 14.3 Å². The van der Waals surface area contributed by atoms with Crippen molar-refractivity contribution in [3.8, 4) is 11.5 Å². The number of hydrogen-bond donors (Lipinski definition) is 0. The molecule has 1 amide bonds. The third kappa shape index (κ3) is 4.06. The minimum atomic E-state index is -0.159. The Balaban J connectivity index is 1.90. The van der Waals surface area contributed by atoms with Gasteiger partial charge >= 0.3 is 0 Å². The van der Waals surface area contributed by atoms with Gasteiger partial charge in [0.2, 0.25) is 0 Å². The van der Waals surface area contributed by atoms with E-state index in [-0.39, 0.29) is 5.91 Å². The van der Waals surface area contributed by atoms with Crippen molar-refractivity contribution >= 4 is 27.5 Å². The maximum absolute atomic E-state index is 12.5. The summed E-state index contributed by atoms with van der Waals surface area (Å²) in [5, 5.41) is 0. The van der Waals surface area contributed by atoms with Crippen molar-refractivity contribution in [3.63, 3.8) is 0 Å². The second kappa shape index (κ2) is 7.96. The molecule has 0 spiro atoms. The van der Waals surface area contributed by atoms with Crippen LogP contribution in [0.1, 0.15) is 30.9 Å². The first kappa shape index (κ1) is 19.2. The summed E-state index contributed by atoms with van der Waals surface area (Å²) in [6.45, 7) is 4.31. The van der Waals surface area contributed by atoms with Crippen molar-refractivity contribution in [2.45, 2.75) is 26.2 Å². The van der Waals surface area contributed by atoms with Crippen LogP contribution in [0.4, 0.5) is 0 Å². The number of methoxy groups -OCH3 is 2. The van der Waals surface area contributed by atoms with Gasteiger partial charge in [-0.15, -0.1) is 0 Å². The van der Waals surface area contributed by atoms with Gasteiger partial charge in [0.1, 0.15) is 0 Å². The van der Waals surface area contributed by atoms with E-state index in [1.54, 1.807) is 14.2 Å². The van der Waals surface area contributed by atoms with E-state index in [9.17, 15) is 4.79 Å². The number of carbonyl (C=O) groups excluding carboxylic acids is 1. The Morgan fingerprint density at radius 1 is 1.11 bits per heavy atom. The van der Waals surface area contributed by atoms with Gasteiger partial charge in [-0.2, -0.15) is 4.99 Å². The van der Waals surface area contributed by atoms with Gasteiger partial charge in [-0.3, -0.25) is 4.79 Å². The highest BCUT2D eigenvalue weighted by Crippen LogP contribution is 2.33. The Kier molecular flexibility index (Phi) is 5.65. The maximum atomic E-state index is 12.5. The van der Waals surface area contributed by atoms with Crippen LogP contribution in [0, 0.1) is 0 Å². The first-order chi connectivity index (χ1) is 12.9. The molecular weight excluding hydrogens is 360 g/mol. The van der Waals surface area contributed by atoms with E-state index in [0.29, 0.717) is 28.6 Å². The van der Waals surface area contributed by atoms with Crippen LogP contribution in [0.2, 0.25) is 0 Å². The normalized spacial score (nSPS) is 12.0. The van der Waals surface area contributed by atoms with E-state index in [2.05, 4.69) is 31.0 Å². The molecule has 0 bridgehead atoms. The summed E-state index contributed by atoms with van der Waals surface area (Å²) in [6, 6.07) is 12.0. The SMILES string of the molecule is COc1cc2sc(=NC(=O)Cc3ccc(C(C)C)cc3)n(C)c2cc1OC. The van der Waals surface area contributed by atoms with Crippen molar-refractivity contribution in [1.82, 2.24) is 4.57 Å². The minimum absolute atomic E-state index is 0.159. The molecule has 6 heteroatoms. The van der Waals surface area contributed by atoms with Crippen molar-refractivity contribution in [3.05, 3.63) is 52.3 Å². The van der Waals surface area contributed by atoms with Crippen LogP contribution in [0.3, 0.4) is 0 Å². The van der Waals surface area contributed by atoms with Crippen LogP contribution in [-0.4, -0.2) is 24.7 Å². The van der Waals surface area contributed by atoms with Crippen LogP contribution in [-0.2, 0) is 18.3 Å². The lowest BCUT2D eigenvalue weighted by Crippen LogP contribution is -2.14. The molecule has 0 saturated heterocycles. The molecule has 5 nitrogen and oxygen atoms in total. The van der Waals surface area contributed by atoms with Gasteiger partial charge in [-0.05, 0) is 17.0 Å². The fourth-order valence-corrected chi connectivity index (χ4v) is 3.95. The van der Waals surface area contributed by atoms with Crippen LogP contribution in [0.25, 0.3) is 10.2 Å². The quantitative estimate of drug-likeness (QED) is 0.667. The lowest BCUT2D eigenvalue weighted by Gasteiger charge is -2.07. The average Bonchev–Trinajstić information content (AvgIpc) is 2.95. The van der Waals surface area contributed by atoms with E-state index in [4.69, 9.17) is 9.47 Å². The van der Waals surface area contributed by atoms with E-state index in [1.165, 1.54) is 16.9 Å². The first-order valence-electron chi connectivity index (χ1n) is 8.81. The number of thiazole rings is 1. The third-order valence-corrected chi connectivity index (χ3v) is 5.63. The molecule has 0 fully saturated rings. The summed E-state index contributed by atoms with van der Waals surface area (Å²) in [4.78, 5) is 17.4. The second-order valence-electron chi connectivity index (χ2n) is 6.70. The van der Waals surface area contributed by atoms with Crippen LogP contribution >= 0.6 is 11.3 Å². The van der Waals surface area contributed by atoms with Crippen molar-refractivity contribution in [1.29, 1.82) is 0 Å². The molecule has 1 heterocycles. The van der Waals surface area contributed by atoms with Crippen LogP contribution in [0.5, 0.6) is 11.5 Å². The Hall–Kier alpha value is -2.60. The fourth-order valence-electron chi connectivity index (χ4n) is 2.90. The molecule has 142 valence electrons. The largest absolute Gasteiger partial charge is 0.493 e. The van der Waals surface area contributed by atoms with Crippen molar-refractivity contribution < 1.29 is 14.3 Å². The van der Waals surface area contributed by atoms with Gasteiger partial charge in [-0.1, -0.05) is 49.4 Å². The topological polar surface area (TPSA) is 52.8 Å². The number of amides is 1. The fraction of sp³-hybridized carbons (Fsp3) is 0.333. The Labute approximate surface area is 162 Å². The molecule has 3 aromatic rings. The van der Waals surface area contributed by atoms with E-state index in [1.807, 2.05) is 35.9 Å².